The highest BCUT2D eigenvalue weighted by Gasteiger charge is 2.61. The molecule has 0 N–H and O–H groups in total. The van der Waals surface area contributed by atoms with Crippen LogP contribution >= 0.6 is 0 Å². The number of nitrogens with zero attached hydrogens (tertiary/aromatic N) is 1. The smallest absolute Gasteiger partial charge is 0.330 e. The highest BCUT2D eigenvalue weighted by Crippen LogP contribution is 2.53. The molecule has 1 aliphatic heterocycles. The van der Waals surface area contributed by atoms with Crippen molar-refractivity contribution < 1.29 is 23.9 Å². The number of imide groups is 1. The molecule has 0 unspecified atom stereocenters. The first-order valence-corrected chi connectivity index (χ1v) is 11.3. The second-order valence-corrected chi connectivity index (χ2v) is 9.15. The van der Waals surface area contributed by atoms with Gasteiger partial charge >= 0.3 is 5.97 Å². The highest BCUT2D eigenvalue weighted by atomic mass is 16.5. The molecule has 5 rings (SSSR count). The molecule has 2 bridgehead atoms. The minimum atomic E-state index is -1.09. The quantitative estimate of drug-likeness (QED) is 0.284. The molecule has 6 nitrogen and oxygen atoms in total. The lowest BCUT2D eigenvalue weighted by atomic mass is 9.85. The van der Waals surface area contributed by atoms with Gasteiger partial charge in [0, 0.05) is 12.0 Å². The molecule has 0 aromatic heterocycles. The summed E-state index contributed by atoms with van der Waals surface area (Å²) in [6.45, 7) is 1.48. The normalized spacial score (nSPS) is 25.9. The van der Waals surface area contributed by atoms with Crippen LogP contribution < -0.4 is 0 Å². The van der Waals surface area contributed by atoms with Gasteiger partial charge in [0.25, 0.3) is 0 Å². The van der Waals surface area contributed by atoms with Crippen LogP contribution in [0.15, 0.2) is 66.7 Å². The van der Waals surface area contributed by atoms with Gasteiger partial charge in [-0.05, 0) is 30.7 Å². The molecule has 2 aromatic carbocycles. The van der Waals surface area contributed by atoms with Gasteiger partial charge in [0.05, 0.1) is 11.8 Å². The Kier molecular flexibility index (Phi) is 5.44. The van der Waals surface area contributed by atoms with E-state index in [0.717, 1.165) is 22.4 Å². The third-order valence-electron chi connectivity index (χ3n) is 7.08. The van der Waals surface area contributed by atoms with Crippen LogP contribution in [0.2, 0.25) is 0 Å². The predicted molar refractivity (Wildman–Crippen MR) is 120 cm³/mol. The molecule has 6 heteroatoms. The molecule has 5 atom stereocenters. The van der Waals surface area contributed by atoms with Crippen LogP contribution in [0, 0.1) is 30.6 Å². The first-order valence-electron chi connectivity index (χ1n) is 11.3. The van der Waals surface area contributed by atoms with Crippen LogP contribution in [-0.4, -0.2) is 41.1 Å². The zero-order valence-electron chi connectivity index (χ0n) is 18.3. The van der Waals surface area contributed by atoms with E-state index in [-0.39, 0.29) is 35.9 Å². The lowest BCUT2D eigenvalue weighted by molar-refractivity contribution is -0.158. The summed E-state index contributed by atoms with van der Waals surface area (Å²) in [6.07, 6.45) is 5.01. The fourth-order valence-electron chi connectivity index (χ4n) is 5.41. The Morgan fingerprint density at radius 3 is 2.15 bits per heavy atom. The summed E-state index contributed by atoms with van der Waals surface area (Å²) >= 11 is 0. The fraction of sp³-hybridized carbons (Fsp3) is 0.333. The van der Waals surface area contributed by atoms with E-state index < -0.39 is 30.5 Å². The number of carbonyl (C=O) groups excluding carboxylic acids is 4. The number of carbonyl (C=O) groups is 4. The largest absolute Gasteiger partial charge is 0.456 e. The van der Waals surface area contributed by atoms with Gasteiger partial charge in [-0.3, -0.25) is 19.3 Å². The minimum Gasteiger partial charge on any atom is -0.456 e. The Morgan fingerprint density at radius 2 is 1.55 bits per heavy atom. The molecule has 0 radical (unpaired) electrons. The van der Waals surface area contributed by atoms with Gasteiger partial charge in [-0.15, -0.1) is 0 Å². The van der Waals surface area contributed by atoms with E-state index >= 15 is 0 Å². The van der Waals surface area contributed by atoms with Crippen molar-refractivity contribution in [2.45, 2.75) is 25.8 Å². The minimum absolute atomic E-state index is 0.0537. The molecule has 1 saturated heterocycles. The van der Waals surface area contributed by atoms with Gasteiger partial charge in [0.1, 0.15) is 6.04 Å². The molecular formula is C27H25NO5. The number of benzene rings is 2. The molecule has 0 spiro atoms. The summed E-state index contributed by atoms with van der Waals surface area (Å²) in [5.41, 5.74) is 2.27. The van der Waals surface area contributed by atoms with Crippen molar-refractivity contribution in [3.05, 3.63) is 83.4 Å². The Bertz CT molecular complexity index is 1110. The van der Waals surface area contributed by atoms with Crippen molar-refractivity contribution in [2.75, 3.05) is 6.61 Å². The Labute approximate surface area is 192 Å². The topological polar surface area (TPSA) is 80.8 Å². The molecule has 2 fully saturated rings. The maximum absolute atomic E-state index is 13.3. The molecule has 168 valence electrons. The maximum Gasteiger partial charge on any atom is 0.330 e. The second kappa shape index (κ2) is 8.43. The van der Waals surface area contributed by atoms with Crippen LogP contribution in [0.25, 0.3) is 0 Å². The summed E-state index contributed by atoms with van der Waals surface area (Å²) in [7, 11) is 0. The number of ether oxygens (including phenoxy) is 1. The number of esters is 1. The van der Waals surface area contributed by atoms with Gasteiger partial charge in [0.2, 0.25) is 11.8 Å². The fourth-order valence-corrected chi connectivity index (χ4v) is 5.41. The Hall–Kier alpha value is -3.54. The van der Waals surface area contributed by atoms with Crippen LogP contribution in [0.1, 0.15) is 27.9 Å². The number of ketones is 1. The van der Waals surface area contributed by atoms with Crippen molar-refractivity contribution in [1.29, 1.82) is 0 Å². The standard InChI is InChI=1S/C27H25NO5/c1-16-7-9-18(10-8-16)22(29)15-33-27(32)21(13-17-5-3-2-4-6-17)28-25(30)23-19-11-12-20(14-19)24(23)26(28)31/h2-12,19-21,23-24H,13-15H2,1H3/t19-,20-,21+,23-,24-/m0/s1. The number of allylic oxidation sites excluding steroid dienone is 2. The predicted octanol–water partition coefficient (Wildman–Crippen LogP) is 3.14. The van der Waals surface area contributed by atoms with E-state index in [4.69, 9.17) is 4.74 Å². The summed E-state index contributed by atoms with van der Waals surface area (Å²) in [5, 5.41) is 0. The van der Waals surface area contributed by atoms with Crippen molar-refractivity contribution in [1.82, 2.24) is 4.90 Å². The van der Waals surface area contributed by atoms with E-state index in [1.54, 1.807) is 12.1 Å². The highest BCUT2D eigenvalue weighted by molar-refractivity contribution is 6.09. The summed E-state index contributed by atoms with van der Waals surface area (Å²) in [4.78, 5) is 53.4. The Morgan fingerprint density at radius 1 is 0.939 bits per heavy atom. The third kappa shape index (κ3) is 3.80. The van der Waals surface area contributed by atoms with Crippen molar-refractivity contribution >= 4 is 23.6 Å². The molecule has 2 amide bonds. The number of Topliss-reactive ketones (excluding diaryl/α,β-unsaturated/α-hetero) is 1. The second-order valence-electron chi connectivity index (χ2n) is 9.15. The van der Waals surface area contributed by atoms with E-state index in [2.05, 4.69) is 0 Å². The number of aryl methyl sites for hydroxylation is 1. The zero-order valence-corrected chi connectivity index (χ0v) is 18.3. The molecule has 1 saturated carbocycles. The SMILES string of the molecule is Cc1ccc(C(=O)COC(=O)[C@@H](Cc2ccccc2)N2C(=O)[C@@H]3[C@@H](C2=O)[C@H]2C=C[C@H]3C2)cc1. The third-order valence-corrected chi connectivity index (χ3v) is 7.08. The van der Waals surface area contributed by atoms with Gasteiger partial charge in [-0.1, -0.05) is 72.3 Å². The molecule has 1 heterocycles. The number of rotatable bonds is 7. The number of hydrogen-bond donors (Lipinski definition) is 0. The van der Waals surface area contributed by atoms with E-state index in [1.165, 1.54) is 0 Å². The van der Waals surface area contributed by atoms with E-state index in [0.29, 0.717) is 5.56 Å². The Balaban J connectivity index is 1.36. The van der Waals surface area contributed by atoms with Crippen molar-refractivity contribution in [3.8, 4) is 0 Å². The first kappa shape index (κ1) is 21.3. The van der Waals surface area contributed by atoms with E-state index in [9.17, 15) is 19.2 Å². The lowest BCUT2D eigenvalue weighted by Gasteiger charge is -2.26. The summed E-state index contributed by atoms with van der Waals surface area (Å²) < 4.78 is 5.37. The lowest BCUT2D eigenvalue weighted by Crippen LogP contribution is -2.48. The van der Waals surface area contributed by atoms with E-state index in [1.807, 2.05) is 61.5 Å². The van der Waals surface area contributed by atoms with Crippen molar-refractivity contribution in [2.24, 2.45) is 23.7 Å². The number of likely N-dealkylation sites (tertiary alicyclic amines) is 1. The summed E-state index contributed by atoms with van der Waals surface area (Å²) in [6, 6.07) is 15.1. The molecule has 3 aliphatic rings. The monoisotopic (exact) mass is 443 g/mol. The molecule has 2 aliphatic carbocycles. The van der Waals surface area contributed by atoms with Crippen LogP contribution in [-0.2, 0) is 25.5 Å². The maximum atomic E-state index is 13.3. The number of hydrogen-bond acceptors (Lipinski definition) is 5. The number of fused-ring (bicyclic) bond motifs is 5. The van der Waals surface area contributed by atoms with Gasteiger partial charge in [-0.25, -0.2) is 4.79 Å². The van der Waals surface area contributed by atoms with Gasteiger partial charge in [0.15, 0.2) is 12.4 Å². The first-order chi connectivity index (χ1) is 15.9. The van der Waals surface area contributed by atoms with Crippen LogP contribution in [0.3, 0.4) is 0 Å². The summed E-state index contributed by atoms with van der Waals surface area (Å²) in [5.74, 6) is -2.35. The molecular weight excluding hydrogens is 418 g/mol. The van der Waals surface area contributed by atoms with Crippen molar-refractivity contribution in [3.63, 3.8) is 0 Å². The average molecular weight is 443 g/mol. The molecule has 33 heavy (non-hydrogen) atoms. The number of amides is 2. The average Bonchev–Trinajstić information content (AvgIpc) is 3.51. The van der Waals surface area contributed by atoms with Gasteiger partial charge < -0.3 is 4.74 Å². The van der Waals surface area contributed by atoms with Crippen LogP contribution in [0.4, 0.5) is 0 Å². The van der Waals surface area contributed by atoms with Gasteiger partial charge in [-0.2, -0.15) is 0 Å². The zero-order chi connectivity index (χ0) is 23.1. The van der Waals surface area contributed by atoms with Crippen LogP contribution in [0.5, 0.6) is 0 Å². The molecule has 2 aromatic rings.